The number of nitrogens with zero attached hydrogens (tertiary/aromatic N) is 1. The lowest BCUT2D eigenvalue weighted by molar-refractivity contribution is 0.0937. The fraction of sp³-hybridized carbons (Fsp3) is 0.308. The van der Waals surface area contributed by atoms with E-state index in [4.69, 9.17) is 4.74 Å². The number of aryl methyl sites for hydroxylation is 1. The molecule has 96 valence electrons. The number of nitrogens with one attached hydrogen (secondary N) is 1. The Hall–Kier alpha value is -1.33. The monoisotopic (exact) mass is 310 g/mol. The maximum Gasteiger partial charge on any atom is 0.251 e. The maximum atomic E-state index is 11.9. The molecule has 0 radical (unpaired) electrons. The molecule has 1 aromatic carbocycles. The second kappa shape index (κ2) is 5.54. The summed E-state index contributed by atoms with van der Waals surface area (Å²) in [5.74, 6) is -0.0775. The molecular formula is C13H15BrN2O2. The second-order valence-electron chi connectivity index (χ2n) is 4.07. The van der Waals surface area contributed by atoms with Gasteiger partial charge in [0.2, 0.25) is 0 Å². The summed E-state index contributed by atoms with van der Waals surface area (Å²) in [6.45, 7) is 1.04. The van der Waals surface area contributed by atoms with Crippen molar-refractivity contribution in [2.45, 2.75) is 0 Å². The number of rotatable bonds is 4. The molecule has 0 saturated carbocycles. The molecule has 0 aliphatic carbocycles. The van der Waals surface area contributed by atoms with Crippen LogP contribution in [0, 0.1) is 0 Å². The number of halogens is 1. The molecule has 1 heterocycles. The average molecular weight is 311 g/mol. The first-order chi connectivity index (χ1) is 8.63. The van der Waals surface area contributed by atoms with Gasteiger partial charge in [0.25, 0.3) is 5.91 Å². The molecule has 1 amide bonds. The van der Waals surface area contributed by atoms with Gasteiger partial charge in [-0.05, 0) is 28.1 Å². The number of aromatic nitrogens is 1. The van der Waals surface area contributed by atoms with Crippen LogP contribution >= 0.6 is 15.9 Å². The van der Waals surface area contributed by atoms with Gasteiger partial charge in [-0.1, -0.05) is 6.07 Å². The first-order valence-electron chi connectivity index (χ1n) is 5.65. The zero-order chi connectivity index (χ0) is 13.1. The Balaban J connectivity index is 2.24. The first-order valence-corrected chi connectivity index (χ1v) is 6.44. The molecule has 0 aliphatic heterocycles. The van der Waals surface area contributed by atoms with Crippen molar-refractivity contribution in [1.82, 2.24) is 9.88 Å². The van der Waals surface area contributed by atoms with Crippen molar-refractivity contribution in [2.75, 3.05) is 20.3 Å². The molecule has 1 aromatic heterocycles. The van der Waals surface area contributed by atoms with Crippen molar-refractivity contribution in [1.29, 1.82) is 0 Å². The topological polar surface area (TPSA) is 43.3 Å². The largest absolute Gasteiger partial charge is 0.383 e. The lowest BCUT2D eigenvalue weighted by Gasteiger charge is -2.05. The van der Waals surface area contributed by atoms with E-state index in [0.29, 0.717) is 18.7 Å². The predicted molar refractivity (Wildman–Crippen MR) is 74.8 cm³/mol. The molecule has 2 aromatic rings. The van der Waals surface area contributed by atoms with Crippen molar-refractivity contribution >= 4 is 32.7 Å². The SMILES string of the molecule is COCCNC(=O)c1ccc2c(Br)cn(C)c2c1. The van der Waals surface area contributed by atoms with Crippen LogP contribution in [0.3, 0.4) is 0 Å². The lowest BCUT2D eigenvalue weighted by Crippen LogP contribution is -2.26. The normalized spacial score (nSPS) is 10.8. The van der Waals surface area contributed by atoms with Gasteiger partial charge in [0.15, 0.2) is 0 Å². The molecular weight excluding hydrogens is 296 g/mol. The zero-order valence-corrected chi connectivity index (χ0v) is 12.0. The highest BCUT2D eigenvalue weighted by molar-refractivity contribution is 9.10. The van der Waals surface area contributed by atoms with Crippen molar-refractivity contribution in [2.24, 2.45) is 7.05 Å². The fourth-order valence-corrected chi connectivity index (χ4v) is 2.49. The Kier molecular flexibility index (Phi) is 4.04. The molecule has 0 atom stereocenters. The minimum atomic E-state index is -0.0775. The number of methoxy groups -OCH3 is 1. The van der Waals surface area contributed by atoms with E-state index in [1.807, 2.05) is 36.0 Å². The summed E-state index contributed by atoms with van der Waals surface area (Å²) in [5.41, 5.74) is 1.69. The summed E-state index contributed by atoms with van der Waals surface area (Å²) in [5, 5.41) is 3.91. The van der Waals surface area contributed by atoms with E-state index < -0.39 is 0 Å². The number of carbonyl (C=O) groups is 1. The van der Waals surface area contributed by atoms with Crippen LogP contribution in [-0.2, 0) is 11.8 Å². The number of fused-ring (bicyclic) bond motifs is 1. The van der Waals surface area contributed by atoms with Crippen LogP contribution in [-0.4, -0.2) is 30.7 Å². The van der Waals surface area contributed by atoms with Crippen molar-refractivity contribution < 1.29 is 9.53 Å². The summed E-state index contributed by atoms with van der Waals surface area (Å²) >= 11 is 3.49. The molecule has 0 unspecified atom stereocenters. The molecule has 18 heavy (non-hydrogen) atoms. The Morgan fingerprint density at radius 2 is 2.28 bits per heavy atom. The minimum absolute atomic E-state index is 0.0775. The highest BCUT2D eigenvalue weighted by atomic mass is 79.9. The number of ether oxygens (including phenoxy) is 1. The molecule has 2 rings (SSSR count). The van der Waals surface area contributed by atoms with Crippen LogP contribution in [0.5, 0.6) is 0 Å². The van der Waals surface area contributed by atoms with E-state index in [1.54, 1.807) is 7.11 Å². The predicted octanol–water partition coefficient (Wildman–Crippen LogP) is 2.32. The number of hydrogen-bond donors (Lipinski definition) is 1. The van der Waals surface area contributed by atoms with Gasteiger partial charge in [0, 0.05) is 47.8 Å². The molecule has 5 heteroatoms. The van der Waals surface area contributed by atoms with Gasteiger partial charge in [-0.25, -0.2) is 0 Å². The molecule has 0 bridgehead atoms. The number of amides is 1. The van der Waals surface area contributed by atoms with E-state index in [9.17, 15) is 4.79 Å². The lowest BCUT2D eigenvalue weighted by atomic mass is 10.1. The molecule has 0 saturated heterocycles. The Labute approximate surface area is 114 Å². The van der Waals surface area contributed by atoms with Gasteiger partial charge in [-0.15, -0.1) is 0 Å². The number of carbonyl (C=O) groups excluding carboxylic acids is 1. The molecule has 4 nitrogen and oxygen atoms in total. The van der Waals surface area contributed by atoms with Crippen LogP contribution in [0.25, 0.3) is 10.9 Å². The Bertz CT molecular complexity index is 578. The average Bonchev–Trinajstić information content (AvgIpc) is 2.65. The molecule has 0 fully saturated rings. The summed E-state index contributed by atoms with van der Waals surface area (Å²) < 4.78 is 7.92. The third-order valence-corrected chi connectivity index (χ3v) is 3.43. The number of benzene rings is 1. The van der Waals surface area contributed by atoms with Crippen molar-refractivity contribution in [3.8, 4) is 0 Å². The Morgan fingerprint density at radius 3 is 3.00 bits per heavy atom. The van der Waals surface area contributed by atoms with Crippen LogP contribution in [0.1, 0.15) is 10.4 Å². The van der Waals surface area contributed by atoms with Crippen LogP contribution in [0.15, 0.2) is 28.9 Å². The van der Waals surface area contributed by atoms with Gasteiger partial charge in [0.1, 0.15) is 0 Å². The van der Waals surface area contributed by atoms with Gasteiger partial charge >= 0.3 is 0 Å². The van der Waals surface area contributed by atoms with E-state index in [-0.39, 0.29) is 5.91 Å². The highest BCUT2D eigenvalue weighted by Crippen LogP contribution is 2.26. The van der Waals surface area contributed by atoms with Gasteiger partial charge in [0.05, 0.1) is 6.61 Å². The highest BCUT2D eigenvalue weighted by Gasteiger charge is 2.09. The van der Waals surface area contributed by atoms with E-state index in [0.717, 1.165) is 15.4 Å². The first kappa shape index (κ1) is 13.1. The summed E-state index contributed by atoms with van der Waals surface area (Å²) in [6, 6.07) is 5.67. The third-order valence-electron chi connectivity index (χ3n) is 2.80. The quantitative estimate of drug-likeness (QED) is 0.881. The third kappa shape index (κ3) is 2.57. The van der Waals surface area contributed by atoms with Crippen LogP contribution in [0.4, 0.5) is 0 Å². The maximum absolute atomic E-state index is 11.9. The summed E-state index contributed by atoms with van der Waals surface area (Å²) in [6.07, 6.45) is 1.98. The van der Waals surface area contributed by atoms with Gasteiger partial charge < -0.3 is 14.6 Å². The van der Waals surface area contributed by atoms with Crippen LogP contribution < -0.4 is 5.32 Å². The van der Waals surface area contributed by atoms with Crippen molar-refractivity contribution in [3.05, 3.63) is 34.4 Å². The summed E-state index contributed by atoms with van der Waals surface area (Å²) in [4.78, 5) is 11.9. The van der Waals surface area contributed by atoms with E-state index >= 15 is 0 Å². The van der Waals surface area contributed by atoms with E-state index in [2.05, 4.69) is 21.2 Å². The Morgan fingerprint density at radius 1 is 1.50 bits per heavy atom. The van der Waals surface area contributed by atoms with Gasteiger partial charge in [-0.2, -0.15) is 0 Å². The van der Waals surface area contributed by atoms with Gasteiger partial charge in [-0.3, -0.25) is 4.79 Å². The van der Waals surface area contributed by atoms with E-state index in [1.165, 1.54) is 0 Å². The smallest absolute Gasteiger partial charge is 0.251 e. The van der Waals surface area contributed by atoms with Crippen molar-refractivity contribution in [3.63, 3.8) is 0 Å². The van der Waals surface area contributed by atoms with Crippen LogP contribution in [0.2, 0.25) is 0 Å². The fourth-order valence-electron chi connectivity index (χ4n) is 1.84. The number of hydrogen-bond acceptors (Lipinski definition) is 2. The second-order valence-corrected chi connectivity index (χ2v) is 4.92. The summed E-state index contributed by atoms with van der Waals surface area (Å²) in [7, 11) is 3.57. The molecule has 0 spiro atoms. The standard InChI is InChI=1S/C13H15BrN2O2/c1-16-8-11(14)10-4-3-9(7-12(10)16)13(17)15-5-6-18-2/h3-4,7-8H,5-6H2,1-2H3,(H,15,17). The zero-order valence-electron chi connectivity index (χ0n) is 10.4. The molecule has 0 aliphatic rings. The minimum Gasteiger partial charge on any atom is -0.383 e. The molecule has 1 N–H and O–H groups in total.